The number of carbonyl (C=O) groups is 1. The highest BCUT2D eigenvalue weighted by molar-refractivity contribution is 7.14. The number of benzene rings is 1. The van der Waals surface area contributed by atoms with Crippen molar-refractivity contribution >= 4 is 38.9 Å². The smallest absolute Gasteiger partial charge is 0.357 e. The summed E-state index contributed by atoms with van der Waals surface area (Å²) in [6, 6.07) is 9.53. The third-order valence-corrected chi connectivity index (χ3v) is 3.39. The highest BCUT2D eigenvalue weighted by Crippen LogP contribution is 2.28. The van der Waals surface area contributed by atoms with Crippen molar-refractivity contribution in [3.05, 3.63) is 47.7 Å². The van der Waals surface area contributed by atoms with Crippen molar-refractivity contribution in [2.75, 3.05) is 5.32 Å². The first-order valence-corrected chi connectivity index (χ1v) is 6.41. The first-order chi connectivity index (χ1) is 9.25. The zero-order valence-electron chi connectivity index (χ0n) is 9.70. The Hall–Kier alpha value is -2.47. The predicted octanol–water partition coefficient (Wildman–Crippen LogP) is 3.13. The molecule has 0 spiro atoms. The number of anilines is 2. The molecule has 0 aliphatic heterocycles. The molecule has 0 atom stereocenters. The molecular formula is C13H9N3O2S. The van der Waals surface area contributed by atoms with E-state index in [0.29, 0.717) is 5.00 Å². The normalized spacial score (nSPS) is 10.5. The van der Waals surface area contributed by atoms with Crippen molar-refractivity contribution in [3.8, 4) is 0 Å². The second-order valence-electron chi connectivity index (χ2n) is 3.84. The summed E-state index contributed by atoms with van der Waals surface area (Å²) in [6.45, 7) is 0. The van der Waals surface area contributed by atoms with Gasteiger partial charge in [0.05, 0.1) is 16.7 Å². The minimum atomic E-state index is -1.04. The van der Waals surface area contributed by atoms with Crippen LogP contribution in [0.1, 0.15) is 10.5 Å². The third-order valence-electron chi connectivity index (χ3n) is 2.65. The number of rotatable bonds is 3. The monoisotopic (exact) mass is 271 g/mol. The molecule has 0 saturated heterocycles. The van der Waals surface area contributed by atoms with Crippen LogP contribution >= 0.6 is 11.3 Å². The molecule has 0 radical (unpaired) electrons. The fourth-order valence-electron chi connectivity index (χ4n) is 1.81. The quantitative estimate of drug-likeness (QED) is 0.765. The molecule has 0 amide bonds. The maximum atomic E-state index is 11.0. The lowest BCUT2D eigenvalue weighted by atomic mass is 10.2. The molecule has 3 aromatic rings. The molecule has 2 N–H and O–H groups in total. The van der Waals surface area contributed by atoms with E-state index in [1.165, 1.54) is 16.8 Å². The number of hydrogen-bond donors (Lipinski definition) is 2. The van der Waals surface area contributed by atoms with Crippen molar-refractivity contribution in [2.45, 2.75) is 0 Å². The Labute approximate surface area is 112 Å². The first-order valence-electron chi connectivity index (χ1n) is 5.53. The molecular weight excluding hydrogens is 262 g/mol. The molecule has 94 valence electrons. The number of carboxylic acid groups (broad SMARTS) is 1. The van der Waals surface area contributed by atoms with Gasteiger partial charge in [-0.1, -0.05) is 18.2 Å². The molecule has 2 heterocycles. The summed E-state index contributed by atoms with van der Waals surface area (Å²) in [5, 5.41) is 13.6. The lowest BCUT2D eigenvalue weighted by molar-refractivity contribution is 0.0692. The average molecular weight is 271 g/mol. The second kappa shape index (κ2) is 4.66. The highest BCUT2D eigenvalue weighted by atomic mass is 32.1. The molecule has 0 aliphatic carbocycles. The second-order valence-corrected chi connectivity index (χ2v) is 4.70. The molecule has 5 nitrogen and oxygen atoms in total. The van der Waals surface area contributed by atoms with Crippen LogP contribution in [0.2, 0.25) is 0 Å². The number of pyridine rings is 1. The molecule has 0 aliphatic rings. The number of aromatic carboxylic acids is 1. The van der Waals surface area contributed by atoms with Gasteiger partial charge >= 0.3 is 5.97 Å². The average Bonchev–Trinajstić information content (AvgIpc) is 2.87. The molecule has 3 rings (SSSR count). The number of thiazole rings is 1. The van der Waals surface area contributed by atoms with E-state index in [2.05, 4.69) is 15.3 Å². The van der Waals surface area contributed by atoms with Gasteiger partial charge in [0.15, 0.2) is 5.69 Å². The van der Waals surface area contributed by atoms with E-state index in [1.807, 2.05) is 30.3 Å². The van der Waals surface area contributed by atoms with Crippen molar-refractivity contribution < 1.29 is 9.90 Å². The number of para-hydroxylation sites is 1. The summed E-state index contributed by atoms with van der Waals surface area (Å²) in [7, 11) is 0. The fourth-order valence-corrected chi connectivity index (χ4v) is 2.50. The van der Waals surface area contributed by atoms with Gasteiger partial charge in [-0.25, -0.2) is 9.78 Å². The van der Waals surface area contributed by atoms with Gasteiger partial charge < -0.3 is 10.4 Å². The Morgan fingerprint density at radius 2 is 2.05 bits per heavy atom. The number of hydrogen-bond acceptors (Lipinski definition) is 5. The van der Waals surface area contributed by atoms with Crippen LogP contribution < -0.4 is 5.32 Å². The van der Waals surface area contributed by atoms with E-state index < -0.39 is 5.97 Å². The zero-order valence-corrected chi connectivity index (χ0v) is 10.5. The van der Waals surface area contributed by atoms with E-state index in [9.17, 15) is 4.79 Å². The van der Waals surface area contributed by atoms with Crippen LogP contribution in [0.15, 0.2) is 42.0 Å². The number of fused-ring (bicyclic) bond motifs is 1. The molecule has 0 bridgehead atoms. The molecule has 6 heteroatoms. The van der Waals surface area contributed by atoms with Crippen LogP contribution in [0, 0.1) is 0 Å². The molecule has 1 aromatic carbocycles. The Morgan fingerprint density at radius 3 is 2.89 bits per heavy atom. The van der Waals surface area contributed by atoms with Gasteiger partial charge in [-0.05, 0) is 12.1 Å². The summed E-state index contributed by atoms with van der Waals surface area (Å²) >= 11 is 1.25. The number of nitrogens with one attached hydrogen (secondary N) is 1. The lowest BCUT2D eigenvalue weighted by Gasteiger charge is -2.07. The molecule has 0 unspecified atom stereocenters. The van der Waals surface area contributed by atoms with Gasteiger partial charge in [-0.15, -0.1) is 11.3 Å². The SMILES string of the molecule is O=C(O)c1ncsc1Nc1cccc2cccnc12. The van der Waals surface area contributed by atoms with Gasteiger partial charge in [0.1, 0.15) is 5.00 Å². The number of carboxylic acids is 1. The number of aromatic nitrogens is 2. The van der Waals surface area contributed by atoms with E-state index in [-0.39, 0.29) is 5.69 Å². The standard InChI is InChI=1S/C13H9N3O2S/c17-13(18)11-12(19-7-15-11)16-9-5-1-3-8-4-2-6-14-10(8)9/h1-7,16H,(H,17,18). The maximum Gasteiger partial charge on any atom is 0.357 e. The highest BCUT2D eigenvalue weighted by Gasteiger charge is 2.14. The van der Waals surface area contributed by atoms with Crippen LogP contribution in [-0.4, -0.2) is 21.0 Å². The van der Waals surface area contributed by atoms with Crippen molar-refractivity contribution in [2.24, 2.45) is 0 Å². The Balaban J connectivity index is 2.06. The van der Waals surface area contributed by atoms with Gasteiger partial charge in [0.25, 0.3) is 0 Å². The van der Waals surface area contributed by atoms with Crippen LogP contribution in [0.3, 0.4) is 0 Å². The Morgan fingerprint density at radius 1 is 1.21 bits per heavy atom. The van der Waals surface area contributed by atoms with Crippen LogP contribution in [0.4, 0.5) is 10.7 Å². The molecule has 0 fully saturated rings. The van der Waals surface area contributed by atoms with Crippen molar-refractivity contribution in [1.29, 1.82) is 0 Å². The summed E-state index contributed by atoms with van der Waals surface area (Å²) in [5.74, 6) is -1.04. The van der Waals surface area contributed by atoms with Gasteiger partial charge in [0, 0.05) is 11.6 Å². The summed E-state index contributed by atoms with van der Waals surface area (Å²) < 4.78 is 0. The molecule has 19 heavy (non-hydrogen) atoms. The Kier molecular flexibility index (Phi) is 2.85. The largest absolute Gasteiger partial charge is 0.476 e. The topological polar surface area (TPSA) is 75.1 Å². The van der Waals surface area contributed by atoms with E-state index >= 15 is 0 Å². The van der Waals surface area contributed by atoms with E-state index in [4.69, 9.17) is 5.11 Å². The summed E-state index contributed by atoms with van der Waals surface area (Å²) in [5.41, 5.74) is 3.10. The van der Waals surface area contributed by atoms with Gasteiger partial charge in [-0.3, -0.25) is 4.98 Å². The predicted molar refractivity (Wildman–Crippen MR) is 74.1 cm³/mol. The molecule has 0 saturated carbocycles. The Bertz CT molecular complexity index is 749. The third kappa shape index (κ3) is 2.13. The van der Waals surface area contributed by atoms with Crippen LogP contribution in [-0.2, 0) is 0 Å². The number of nitrogens with zero attached hydrogens (tertiary/aromatic N) is 2. The van der Waals surface area contributed by atoms with Crippen LogP contribution in [0.5, 0.6) is 0 Å². The molecule has 2 aromatic heterocycles. The minimum absolute atomic E-state index is 0.0259. The lowest BCUT2D eigenvalue weighted by Crippen LogP contribution is -2.01. The minimum Gasteiger partial charge on any atom is -0.476 e. The first kappa shape index (κ1) is 11.6. The van der Waals surface area contributed by atoms with Gasteiger partial charge in [-0.2, -0.15) is 0 Å². The van der Waals surface area contributed by atoms with E-state index in [1.54, 1.807) is 6.20 Å². The van der Waals surface area contributed by atoms with E-state index in [0.717, 1.165) is 16.6 Å². The fraction of sp³-hybridized carbons (Fsp3) is 0. The summed E-state index contributed by atoms with van der Waals surface area (Å²) in [6.07, 6.45) is 1.71. The van der Waals surface area contributed by atoms with Crippen molar-refractivity contribution in [1.82, 2.24) is 9.97 Å². The van der Waals surface area contributed by atoms with Crippen LogP contribution in [0.25, 0.3) is 10.9 Å². The maximum absolute atomic E-state index is 11.0. The zero-order chi connectivity index (χ0) is 13.2. The van der Waals surface area contributed by atoms with Crippen molar-refractivity contribution in [3.63, 3.8) is 0 Å². The van der Waals surface area contributed by atoms with Gasteiger partial charge in [0.2, 0.25) is 0 Å². The summed E-state index contributed by atoms with van der Waals surface area (Å²) in [4.78, 5) is 19.2.